The van der Waals surface area contributed by atoms with Gasteiger partial charge in [-0.05, 0) is 40.8 Å². The number of hydrogen-bond donors (Lipinski definition) is 1. The number of rotatable bonds is 1. The summed E-state index contributed by atoms with van der Waals surface area (Å²) in [5.74, 6) is 0.807. The lowest BCUT2D eigenvalue weighted by atomic mass is 9.76. The summed E-state index contributed by atoms with van der Waals surface area (Å²) in [7, 11) is 0. The van der Waals surface area contributed by atoms with Gasteiger partial charge in [-0.25, -0.2) is 0 Å². The van der Waals surface area contributed by atoms with Crippen LogP contribution in [0.4, 0.5) is 5.69 Å². The maximum absolute atomic E-state index is 6.54. The molecule has 1 nitrogen and oxygen atoms in total. The molecule has 124 valence electrons. The van der Waals surface area contributed by atoms with Crippen molar-refractivity contribution in [2.75, 3.05) is 5.32 Å². The summed E-state index contributed by atoms with van der Waals surface area (Å²) in [6.07, 6.45) is 5.65. The van der Waals surface area contributed by atoms with Crippen LogP contribution in [-0.4, -0.2) is 0 Å². The number of nitrogens with one attached hydrogen (secondary N) is 1. The van der Waals surface area contributed by atoms with E-state index in [0.29, 0.717) is 16.9 Å². The fourth-order valence-electron chi connectivity index (χ4n) is 4.47. The molecule has 1 aliphatic carbocycles. The molecule has 3 atom stereocenters. The van der Waals surface area contributed by atoms with Crippen LogP contribution in [0.3, 0.4) is 0 Å². The highest BCUT2D eigenvalue weighted by Crippen LogP contribution is 2.53. The van der Waals surface area contributed by atoms with Gasteiger partial charge in [0.2, 0.25) is 0 Å². The molecular weight excluding hydrogens is 349 g/mol. The molecule has 0 radical (unpaired) electrons. The van der Waals surface area contributed by atoms with Crippen molar-refractivity contribution in [3.05, 3.63) is 87.9 Å². The van der Waals surface area contributed by atoms with Crippen LogP contribution in [0.25, 0.3) is 10.8 Å². The molecule has 0 aromatic heterocycles. The van der Waals surface area contributed by atoms with Crippen molar-refractivity contribution in [3.63, 3.8) is 0 Å². The summed E-state index contributed by atoms with van der Waals surface area (Å²) in [5.41, 5.74) is 3.59. The molecule has 1 N–H and O–H groups in total. The van der Waals surface area contributed by atoms with Gasteiger partial charge < -0.3 is 5.32 Å². The van der Waals surface area contributed by atoms with Crippen LogP contribution in [0.5, 0.6) is 0 Å². The van der Waals surface area contributed by atoms with Gasteiger partial charge in [-0.1, -0.05) is 77.8 Å². The first kappa shape index (κ1) is 15.3. The van der Waals surface area contributed by atoms with Crippen LogP contribution in [0, 0.1) is 5.92 Å². The second-order valence-corrected chi connectivity index (χ2v) is 7.74. The second kappa shape index (κ2) is 5.79. The molecule has 3 heteroatoms. The monoisotopic (exact) mass is 365 g/mol. The summed E-state index contributed by atoms with van der Waals surface area (Å²) in [5, 5.41) is 7.77. The highest BCUT2D eigenvalue weighted by molar-refractivity contribution is 6.35. The Morgan fingerprint density at radius 2 is 1.80 bits per heavy atom. The Balaban J connectivity index is 1.70. The Kier molecular flexibility index (Phi) is 3.55. The third kappa shape index (κ3) is 2.38. The molecule has 0 amide bonds. The lowest BCUT2D eigenvalue weighted by molar-refractivity contribution is 0.427. The minimum absolute atomic E-state index is 0.244. The van der Waals surface area contributed by atoms with Crippen LogP contribution < -0.4 is 5.32 Å². The van der Waals surface area contributed by atoms with Crippen molar-refractivity contribution < 1.29 is 0 Å². The second-order valence-electron chi connectivity index (χ2n) is 6.89. The van der Waals surface area contributed by atoms with Crippen molar-refractivity contribution in [1.82, 2.24) is 0 Å². The predicted molar refractivity (Wildman–Crippen MR) is 107 cm³/mol. The zero-order valence-electron chi connectivity index (χ0n) is 13.5. The van der Waals surface area contributed by atoms with Gasteiger partial charge in [-0.3, -0.25) is 0 Å². The molecule has 0 spiro atoms. The Morgan fingerprint density at radius 3 is 2.72 bits per heavy atom. The minimum atomic E-state index is 0.244. The molecule has 3 aromatic carbocycles. The number of halogens is 2. The number of fused-ring (bicyclic) bond motifs is 4. The molecule has 0 fully saturated rings. The third-order valence-electron chi connectivity index (χ3n) is 5.54. The van der Waals surface area contributed by atoms with E-state index in [1.807, 2.05) is 12.1 Å². The highest BCUT2D eigenvalue weighted by Gasteiger charge is 2.39. The van der Waals surface area contributed by atoms with Crippen molar-refractivity contribution in [2.24, 2.45) is 5.92 Å². The first-order chi connectivity index (χ1) is 12.2. The number of anilines is 1. The summed E-state index contributed by atoms with van der Waals surface area (Å²) >= 11 is 12.8. The van der Waals surface area contributed by atoms with Gasteiger partial charge in [0.05, 0.1) is 6.04 Å². The average Bonchev–Trinajstić information content (AvgIpc) is 3.09. The van der Waals surface area contributed by atoms with Crippen molar-refractivity contribution >= 4 is 39.7 Å². The van der Waals surface area contributed by atoms with Gasteiger partial charge in [-0.2, -0.15) is 0 Å². The van der Waals surface area contributed by atoms with Gasteiger partial charge in [0.25, 0.3) is 0 Å². The topological polar surface area (TPSA) is 12.0 Å². The summed E-state index contributed by atoms with van der Waals surface area (Å²) in [6.45, 7) is 0. The van der Waals surface area contributed by atoms with E-state index >= 15 is 0 Å². The van der Waals surface area contributed by atoms with E-state index in [1.54, 1.807) is 0 Å². The van der Waals surface area contributed by atoms with Crippen molar-refractivity contribution in [2.45, 2.75) is 18.4 Å². The Morgan fingerprint density at radius 1 is 0.960 bits per heavy atom. The molecule has 0 saturated heterocycles. The summed E-state index contributed by atoms with van der Waals surface area (Å²) < 4.78 is 0. The van der Waals surface area contributed by atoms with E-state index < -0.39 is 0 Å². The first-order valence-corrected chi connectivity index (χ1v) is 9.38. The van der Waals surface area contributed by atoms with E-state index in [9.17, 15) is 0 Å². The molecule has 0 saturated carbocycles. The first-order valence-electron chi connectivity index (χ1n) is 8.62. The predicted octanol–water partition coefficient (Wildman–Crippen LogP) is 6.97. The lowest BCUT2D eigenvalue weighted by Gasteiger charge is -2.38. The molecule has 5 rings (SSSR count). The number of benzene rings is 3. The molecule has 0 bridgehead atoms. The van der Waals surface area contributed by atoms with E-state index in [1.165, 1.54) is 21.9 Å². The zero-order chi connectivity index (χ0) is 17.0. The standard InChI is InChI=1S/C22H17Cl2N/c23-14-11-19(24)21-16-8-4-10-18(16)22(25-20(21)12-14)17-9-3-6-13-5-1-2-7-15(13)17/h1-9,11-12,16,18,22,25H,10H2/t16-,18-,22-/m1/s1. The molecule has 1 heterocycles. The maximum atomic E-state index is 6.54. The van der Waals surface area contributed by atoms with Gasteiger partial charge in [0.15, 0.2) is 0 Å². The Hall–Kier alpha value is -1.96. The van der Waals surface area contributed by atoms with E-state index in [2.05, 4.69) is 59.9 Å². The lowest BCUT2D eigenvalue weighted by Crippen LogP contribution is -2.29. The maximum Gasteiger partial charge on any atom is 0.0560 e. The van der Waals surface area contributed by atoms with Crippen LogP contribution in [-0.2, 0) is 0 Å². The fourth-order valence-corrected chi connectivity index (χ4v) is 5.09. The Bertz CT molecular complexity index is 1000. The smallest absolute Gasteiger partial charge is 0.0560 e. The van der Waals surface area contributed by atoms with Gasteiger partial charge in [0, 0.05) is 27.2 Å². The van der Waals surface area contributed by atoms with E-state index in [-0.39, 0.29) is 6.04 Å². The molecule has 3 aromatic rings. The normalized spacial score (nSPS) is 24.0. The highest BCUT2D eigenvalue weighted by atomic mass is 35.5. The summed E-state index contributed by atoms with van der Waals surface area (Å²) in [6, 6.07) is 19.3. The van der Waals surface area contributed by atoms with Gasteiger partial charge >= 0.3 is 0 Å². The zero-order valence-corrected chi connectivity index (χ0v) is 15.1. The van der Waals surface area contributed by atoms with Gasteiger partial charge in [0.1, 0.15) is 0 Å². The van der Waals surface area contributed by atoms with Crippen LogP contribution >= 0.6 is 23.2 Å². The van der Waals surface area contributed by atoms with Crippen LogP contribution in [0.15, 0.2) is 66.7 Å². The van der Waals surface area contributed by atoms with E-state index in [0.717, 1.165) is 17.1 Å². The largest absolute Gasteiger partial charge is 0.378 e. The molecular formula is C22H17Cl2N. The van der Waals surface area contributed by atoms with Crippen molar-refractivity contribution in [1.29, 1.82) is 0 Å². The van der Waals surface area contributed by atoms with Crippen LogP contribution in [0.1, 0.15) is 29.5 Å². The van der Waals surface area contributed by atoms with Crippen LogP contribution in [0.2, 0.25) is 10.0 Å². The molecule has 25 heavy (non-hydrogen) atoms. The fraction of sp³-hybridized carbons (Fsp3) is 0.182. The third-order valence-corrected chi connectivity index (χ3v) is 6.07. The van der Waals surface area contributed by atoms with E-state index in [4.69, 9.17) is 23.2 Å². The molecule has 0 unspecified atom stereocenters. The quantitative estimate of drug-likeness (QED) is 0.459. The number of hydrogen-bond acceptors (Lipinski definition) is 1. The SMILES string of the molecule is Clc1cc(Cl)c2c(c1)N[C@H](c1cccc3ccccc13)[C@@H]1CC=C[C@@H]21. The Labute approximate surface area is 157 Å². The molecule has 2 aliphatic rings. The minimum Gasteiger partial charge on any atom is -0.378 e. The average molecular weight is 366 g/mol. The van der Waals surface area contributed by atoms with Gasteiger partial charge in [-0.15, -0.1) is 0 Å². The molecule has 1 aliphatic heterocycles. The van der Waals surface area contributed by atoms with Crippen molar-refractivity contribution in [3.8, 4) is 0 Å². The number of allylic oxidation sites excluding steroid dienone is 2. The summed E-state index contributed by atoms with van der Waals surface area (Å²) in [4.78, 5) is 0.